The van der Waals surface area contributed by atoms with Crippen LogP contribution in [0.25, 0.3) is 0 Å². The van der Waals surface area contributed by atoms with Crippen LogP contribution in [0.3, 0.4) is 0 Å². The molecule has 0 aliphatic rings. The van der Waals surface area contributed by atoms with Crippen molar-refractivity contribution in [3.63, 3.8) is 0 Å². The molecule has 0 N–H and O–H groups in total. The van der Waals surface area contributed by atoms with Crippen LogP contribution in [-0.4, -0.2) is 17.6 Å². The first-order valence-corrected chi connectivity index (χ1v) is 5.36. The molecule has 1 aromatic rings. The highest BCUT2D eigenvalue weighted by molar-refractivity contribution is 14.1. The third-order valence-electron chi connectivity index (χ3n) is 1.72. The lowest BCUT2D eigenvalue weighted by molar-refractivity contribution is 0.0507. The van der Waals surface area contributed by atoms with Gasteiger partial charge in [0.05, 0.1) is 12.2 Å². The predicted molar refractivity (Wildman–Crippen MR) is 57.8 cm³/mol. The van der Waals surface area contributed by atoms with Crippen molar-refractivity contribution in [3.8, 4) is 0 Å². The molecule has 7 heteroatoms. The van der Waals surface area contributed by atoms with Crippen molar-refractivity contribution in [2.75, 3.05) is 6.61 Å². The number of esters is 1. The maximum atomic E-state index is 13.2. The Kier molecular flexibility index (Phi) is 4.51. The van der Waals surface area contributed by atoms with Crippen molar-refractivity contribution in [1.29, 1.82) is 0 Å². The van der Waals surface area contributed by atoms with E-state index in [1.165, 1.54) is 6.92 Å². The van der Waals surface area contributed by atoms with Crippen LogP contribution in [0.1, 0.15) is 29.3 Å². The van der Waals surface area contributed by atoms with Gasteiger partial charge in [-0.2, -0.15) is 4.39 Å². The van der Waals surface area contributed by atoms with Gasteiger partial charge in [-0.05, 0) is 29.5 Å². The average Bonchev–Trinajstić information content (AvgIpc) is 2.20. The van der Waals surface area contributed by atoms with Gasteiger partial charge in [-0.15, -0.1) is 0 Å². The number of nitrogens with zero attached hydrogens (tertiary/aromatic N) is 1. The minimum atomic E-state index is -2.95. The fraction of sp³-hybridized carbons (Fsp3) is 0.333. The zero-order chi connectivity index (χ0) is 12.3. The second-order valence-electron chi connectivity index (χ2n) is 2.71. The number of carbonyl (C=O) groups is 1. The predicted octanol–water partition coefficient (Wildman–Crippen LogP) is 2.94. The Bertz CT molecular complexity index is 412. The number of aromatic nitrogens is 1. The number of halogens is 4. The SMILES string of the molecule is CCOC(=O)c1c(F)ncc(I)c1C(F)F. The quantitative estimate of drug-likeness (QED) is 0.480. The largest absolute Gasteiger partial charge is 0.462 e. The molecule has 0 amide bonds. The molecule has 3 nitrogen and oxygen atoms in total. The van der Waals surface area contributed by atoms with Crippen LogP contribution < -0.4 is 0 Å². The molecule has 0 spiro atoms. The van der Waals surface area contributed by atoms with Gasteiger partial charge in [-0.3, -0.25) is 0 Å². The normalized spacial score (nSPS) is 10.6. The van der Waals surface area contributed by atoms with Crippen LogP contribution in [0, 0.1) is 9.52 Å². The second-order valence-corrected chi connectivity index (χ2v) is 3.87. The van der Waals surface area contributed by atoms with Gasteiger partial charge in [-0.25, -0.2) is 18.6 Å². The minimum Gasteiger partial charge on any atom is -0.462 e. The Morgan fingerprint density at radius 3 is 2.75 bits per heavy atom. The lowest BCUT2D eigenvalue weighted by Crippen LogP contribution is -2.14. The zero-order valence-corrected chi connectivity index (χ0v) is 10.3. The van der Waals surface area contributed by atoms with Gasteiger partial charge in [0.25, 0.3) is 6.43 Å². The van der Waals surface area contributed by atoms with Crippen LogP contribution in [-0.2, 0) is 4.74 Å². The highest BCUT2D eigenvalue weighted by Crippen LogP contribution is 2.29. The summed E-state index contributed by atoms with van der Waals surface area (Å²) in [6, 6.07) is 0. The Morgan fingerprint density at radius 1 is 1.62 bits per heavy atom. The molecule has 0 saturated heterocycles. The number of hydrogen-bond donors (Lipinski definition) is 0. The van der Waals surface area contributed by atoms with E-state index in [2.05, 4.69) is 9.72 Å². The average molecular weight is 345 g/mol. The van der Waals surface area contributed by atoms with E-state index in [1.54, 1.807) is 22.6 Å². The number of hydrogen-bond acceptors (Lipinski definition) is 3. The van der Waals surface area contributed by atoms with E-state index < -0.39 is 29.5 Å². The number of alkyl halides is 2. The lowest BCUT2D eigenvalue weighted by Gasteiger charge is -2.10. The first kappa shape index (κ1) is 13.2. The maximum Gasteiger partial charge on any atom is 0.343 e. The van der Waals surface area contributed by atoms with Crippen molar-refractivity contribution >= 4 is 28.6 Å². The molecule has 0 aliphatic carbocycles. The van der Waals surface area contributed by atoms with E-state index in [9.17, 15) is 18.0 Å². The Hall–Kier alpha value is -0.860. The van der Waals surface area contributed by atoms with Gasteiger partial charge >= 0.3 is 5.97 Å². The monoisotopic (exact) mass is 345 g/mol. The van der Waals surface area contributed by atoms with Gasteiger partial charge in [0, 0.05) is 9.77 Å². The summed E-state index contributed by atoms with van der Waals surface area (Å²) in [5.41, 5.74) is -1.46. The van der Waals surface area contributed by atoms with Crippen LogP contribution in [0.5, 0.6) is 0 Å². The summed E-state index contributed by atoms with van der Waals surface area (Å²) < 4.78 is 43.1. The number of pyridine rings is 1. The van der Waals surface area contributed by atoms with Gasteiger partial charge in [0.2, 0.25) is 5.95 Å². The van der Waals surface area contributed by atoms with E-state index in [4.69, 9.17) is 0 Å². The van der Waals surface area contributed by atoms with E-state index in [-0.39, 0.29) is 10.2 Å². The third-order valence-corrected chi connectivity index (χ3v) is 2.58. The fourth-order valence-electron chi connectivity index (χ4n) is 1.09. The van der Waals surface area contributed by atoms with Crippen LogP contribution in [0.4, 0.5) is 13.2 Å². The van der Waals surface area contributed by atoms with Gasteiger partial charge in [0.15, 0.2) is 0 Å². The summed E-state index contributed by atoms with van der Waals surface area (Å²) >= 11 is 1.56. The summed E-state index contributed by atoms with van der Waals surface area (Å²) in [6.45, 7) is 1.48. The molecule has 1 aromatic heterocycles. The van der Waals surface area contributed by atoms with E-state index in [0.29, 0.717) is 0 Å². The summed E-state index contributed by atoms with van der Waals surface area (Å²) in [4.78, 5) is 14.5. The topological polar surface area (TPSA) is 39.2 Å². The van der Waals surface area contributed by atoms with Crippen molar-refractivity contribution in [1.82, 2.24) is 4.98 Å². The molecule has 1 rings (SSSR count). The summed E-state index contributed by atoms with van der Waals surface area (Å²) in [6.07, 6.45) is -2.01. The zero-order valence-electron chi connectivity index (χ0n) is 8.14. The molecule has 0 bridgehead atoms. The Balaban J connectivity index is 3.34. The first-order valence-electron chi connectivity index (χ1n) is 4.28. The molecule has 1 heterocycles. The molecule has 0 saturated carbocycles. The Labute approximate surface area is 103 Å². The molecular formula is C9H7F3INO2. The molecule has 0 unspecified atom stereocenters. The minimum absolute atomic E-state index is 0.0214. The number of ether oxygens (including phenoxy) is 1. The van der Waals surface area contributed by atoms with E-state index in [0.717, 1.165) is 6.20 Å². The molecule has 0 aliphatic heterocycles. The summed E-state index contributed by atoms with van der Waals surface area (Å²) in [7, 11) is 0. The molecule has 0 atom stereocenters. The number of rotatable bonds is 3. The molecule has 16 heavy (non-hydrogen) atoms. The van der Waals surface area contributed by atoms with Crippen molar-refractivity contribution in [3.05, 3.63) is 26.8 Å². The molecule has 0 fully saturated rings. The van der Waals surface area contributed by atoms with Gasteiger partial charge in [0.1, 0.15) is 5.56 Å². The highest BCUT2D eigenvalue weighted by atomic mass is 127. The van der Waals surface area contributed by atoms with Crippen LogP contribution in [0.2, 0.25) is 0 Å². The number of carbonyl (C=O) groups excluding carboxylic acids is 1. The summed E-state index contributed by atoms with van der Waals surface area (Å²) in [5, 5.41) is 0. The smallest absolute Gasteiger partial charge is 0.343 e. The van der Waals surface area contributed by atoms with E-state index >= 15 is 0 Å². The fourth-order valence-corrected chi connectivity index (χ4v) is 1.73. The molecule has 0 radical (unpaired) electrons. The Morgan fingerprint density at radius 2 is 2.25 bits per heavy atom. The van der Waals surface area contributed by atoms with Crippen LogP contribution >= 0.6 is 22.6 Å². The lowest BCUT2D eigenvalue weighted by atomic mass is 10.1. The maximum absolute atomic E-state index is 13.2. The van der Waals surface area contributed by atoms with Gasteiger partial charge in [-0.1, -0.05) is 0 Å². The van der Waals surface area contributed by atoms with Gasteiger partial charge < -0.3 is 4.74 Å². The third kappa shape index (κ3) is 2.63. The van der Waals surface area contributed by atoms with Crippen molar-refractivity contribution in [2.45, 2.75) is 13.3 Å². The summed E-state index contributed by atoms with van der Waals surface area (Å²) in [5.74, 6) is -2.37. The molecule has 88 valence electrons. The second kappa shape index (κ2) is 5.46. The van der Waals surface area contributed by atoms with Crippen molar-refractivity contribution in [2.24, 2.45) is 0 Å². The first-order chi connectivity index (χ1) is 7.49. The van der Waals surface area contributed by atoms with Crippen LogP contribution in [0.15, 0.2) is 6.20 Å². The standard InChI is InChI=1S/C9H7F3INO2/c1-2-16-9(15)6-5(7(10)11)4(13)3-14-8(6)12/h3,7H,2H2,1H3. The molecular weight excluding hydrogens is 338 g/mol. The van der Waals surface area contributed by atoms with Crippen molar-refractivity contribution < 1.29 is 22.7 Å². The van der Waals surface area contributed by atoms with E-state index in [1.807, 2.05) is 0 Å². The highest BCUT2D eigenvalue weighted by Gasteiger charge is 2.27. The molecule has 0 aromatic carbocycles.